The van der Waals surface area contributed by atoms with Crippen LogP contribution in [0.15, 0.2) is 72.9 Å². The number of nitriles is 1. The van der Waals surface area contributed by atoms with Crippen LogP contribution in [0.5, 0.6) is 11.5 Å². The van der Waals surface area contributed by atoms with E-state index in [0.29, 0.717) is 69.8 Å². The molecule has 1 atom stereocenters. The van der Waals surface area contributed by atoms with E-state index in [0.717, 1.165) is 6.42 Å². The normalized spacial score (nSPS) is 14.6. The number of aromatic nitrogens is 1. The minimum atomic E-state index is -0.360. The van der Waals surface area contributed by atoms with Gasteiger partial charge in [0.2, 0.25) is 5.91 Å². The second-order valence-corrected chi connectivity index (χ2v) is 10.8. The van der Waals surface area contributed by atoms with E-state index in [9.17, 15) is 14.4 Å². The van der Waals surface area contributed by atoms with Crippen molar-refractivity contribution in [1.82, 2.24) is 9.88 Å². The molecule has 2 N–H and O–H groups in total. The van der Waals surface area contributed by atoms with Crippen molar-refractivity contribution in [3.05, 3.63) is 94.9 Å². The number of likely N-dealkylation sites (N-methyl/N-ethyl adjacent to an activating group) is 1. The number of hydrogen-bond acceptors (Lipinski definition) is 8. The number of benzene rings is 3. The van der Waals surface area contributed by atoms with Gasteiger partial charge in [-0.1, -0.05) is 35.9 Å². The first-order valence-electron chi connectivity index (χ1n) is 14.0. The Morgan fingerprint density at radius 3 is 2.80 bits per heavy atom. The van der Waals surface area contributed by atoms with Gasteiger partial charge in [-0.2, -0.15) is 5.26 Å². The van der Waals surface area contributed by atoms with Gasteiger partial charge in [0.1, 0.15) is 36.1 Å². The molecule has 1 amide bonds. The average molecular weight is 616 g/mol. The predicted octanol–water partition coefficient (Wildman–Crippen LogP) is 6.45. The Balaban J connectivity index is 1.45. The third-order valence-corrected chi connectivity index (χ3v) is 7.11. The summed E-state index contributed by atoms with van der Waals surface area (Å²) < 4.78 is 31.4. The van der Waals surface area contributed by atoms with Crippen molar-refractivity contribution in [1.29, 1.82) is 5.26 Å². The summed E-state index contributed by atoms with van der Waals surface area (Å²) in [6.07, 6.45) is 5.26. The number of nitrogens with zero attached hydrogens (tertiary/aromatic N) is 3. The molecule has 5 rings (SSSR count). The molecule has 2 heterocycles. The molecule has 0 spiro atoms. The van der Waals surface area contributed by atoms with Crippen molar-refractivity contribution >= 4 is 45.5 Å². The highest BCUT2D eigenvalue weighted by Crippen LogP contribution is 2.38. The molecule has 1 unspecified atom stereocenters. The van der Waals surface area contributed by atoms with Crippen LogP contribution in [0.4, 0.5) is 21.5 Å². The summed E-state index contributed by atoms with van der Waals surface area (Å²) in [4.78, 5) is 19.3. The molecule has 226 valence electrons. The molecule has 3 aromatic carbocycles. The van der Waals surface area contributed by atoms with Crippen LogP contribution in [0, 0.1) is 17.1 Å². The van der Waals surface area contributed by atoms with Gasteiger partial charge in [0.25, 0.3) is 0 Å². The lowest BCUT2D eigenvalue weighted by atomic mass is 10.1. The lowest BCUT2D eigenvalue weighted by Crippen LogP contribution is -2.18. The van der Waals surface area contributed by atoms with Crippen molar-refractivity contribution in [2.24, 2.45) is 0 Å². The first kappa shape index (κ1) is 30.8. The molecule has 4 aromatic rings. The maximum absolute atomic E-state index is 14.0. The zero-order chi connectivity index (χ0) is 31.1. The fourth-order valence-electron chi connectivity index (χ4n) is 4.58. The number of rotatable bonds is 11. The van der Waals surface area contributed by atoms with E-state index in [2.05, 4.69) is 21.7 Å². The highest BCUT2D eigenvalue weighted by Gasteiger charge is 2.21. The maximum Gasteiger partial charge on any atom is 0.248 e. The summed E-state index contributed by atoms with van der Waals surface area (Å²) in [6, 6.07) is 17.1. The van der Waals surface area contributed by atoms with Crippen LogP contribution in [-0.4, -0.2) is 55.7 Å². The quantitative estimate of drug-likeness (QED) is 0.185. The Kier molecular flexibility index (Phi) is 9.92. The topological polar surface area (TPSA) is 109 Å². The summed E-state index contributed by atoms with van der Waals surface area (Å²) in [7, 11) is 3.82. The molecule has 1 saturated heterocycles. The lowest BCUT2D eigenvalue weighted by Gasteiger charge is -2.19. The third kappa shape index (κ3) is 7.63. The van der Waals surface area contributed by atoms with Crippen LogP contribution in [0.25, 0.3) is 10.9 Å². The third-order valence-electron chi connectivity index (χ3n) is 6.81. The van der Waals surface area contributed by atoms with Gasteiger partial charge in [-0.05, 0) is 44.4 Å². The number of carbonyl (C=O) groups is 1. The second-order valence-electron chi connectivity index (χ2n) is 10.4. The molecule has 9 nitrogen and oxygen atoms in total. The van der Waals surface area contributed by atoms with E-state index in [4.69, 9.17) is 25.8 Å². The van der Waals surface area contributed by atoms with Crippen LogP contribution in [-0.2, 0) is 16.1 Å². The average Bonchev–Trinajstić information content (AvgIpc) is 3.51. The molecule has 0 bridgehead atoms. The van der Waals surface area contributed by atoms with Crippen LogP contribution < -0.4 is 20.1 Å². The summed E-state index contributed by atoms with van der Waals surface area (Å²) in [5, 5.41) is 17.0. The standard InChI is InChI=1S/C33H31ClFN5O4/c1-40(2)12-5-8-32(41)39-29-15-25-28(16-31(29)44-24-11-13-42-20-24)37-18-22(17-36)33(25)38-23-9-10-30(26(34)14-23)43-19-21-6-3-4-7-27(21)35/h3-10,14-16,18,24H,11-13,19-20H2,1-2H3,(H,37,38)(H,39,41)/b8-5+. The van der Waals surface area contributed by atoms with Crippen LogP contribution in [0.1, 0.15) is 17.5 Å². The summed E-state index contributed by atoms with van der Waals surface area (Å²) in [5.74, 6) is 0.145. The molecular formula is C33H31ClFN5O4. The first-order chi connectivity index (χ1) is 21.3. The molecule has 1 aromatic heterocycles. The smallest absolute Gasteiger partial charge is 0.248 e. The summed E-state index contributed by atoms with van der Waals surface area (Å²) in [5.41, 5.74) is 2.74. The maximum atomic E-state index is 14.0. The molecular weight excluding hydrogens is 585 g/mol. The first-order valence-corrected chi connectivity index (χ1v) is 14.3. The van der Waals surface area contributed by atoms with E-state index in [1.807, 2.05) is 19.0 Å². The van der Waals surface area contributed by atoms with E-state index in [-0.39, 0.29) is 30.0 Å². The van der Waals surface area contributed by atoms with Gasteiger partial charge in [0, 0.05) is 47.9 Å². The zero-order valence-electron chi connectivity index (χ0n) is 24.3. The number of halogens is 2. The SMILES string of the molecule is CN(C)C/C=C/C(=O)Nc1cc2c(Nc3ccc(OCc4ccccc4F)c(Cl)c3)c(C#N)cnc2cc1OC1CCOC1. The molecule has 44 heavy (non-hydrogen) atoms. The molecule has 0 saturated carbocycles. The molecule has 1 aliphatic rings. The molecule has 11 heteroatoms. The van der Waals surface area contributed by atoms with Crippen LogP contribution in [0.2, 0.25) is 5.02 Å². The van der Waals surface area contributed by atoms with Crippen LogP contribution in [0.3, 0.4) is 0 Å². The van der Waals surface area contributed by atoms with Gasteiger partial charge in [0.05, 0.1) is 40.7 Å². The Labute approximate surface area is 259 Å². The summed E-state index contributed by atoms with van der Waals surface area (Å²) in [6.45, 7) is 1.67. The van der Waals surface area contributed by atoms with Gasteiger partial charge in [0.15, 0.2) is 0 Å². The number of nitrogens with one attached hydrogen (secondary N) is 2. The number of hydrogen-bond donors (Lipinski definition) is 2. The Morgan fingerprint density at radius 2 is 2.07 bits per heavy atom. The van der Waals surface area contributed by atoms with Gasteiger partial charge in [-0.25, -0.2) is 4.39 Å². The highest BCUT2D eigenvalue weighted by atomic mass is 35.5. The van der Waals surface area contributed by atoms with E-state index >= 15 is 0 Å². The number of amides is 1. The van der Waals surface area contributed by atoms with Gasteiger partial charge >= 0.3 is 0 Å². The van der Waals surface area contributed by atoms with Crippen molar-refractivity contribution < 1.29 is 23.4 Å². The lowest BCUT2D eigenvalue weighted by molar-refractivity contribution is -0.111. The predicted molar refractivity (Wildman–Crippen MR) is 168 cm³/mol. The van der Waals surface area contributed by atoms with E-state index in [1.165, 1.54) is 18.3 Å². The van der Waals surface area contributed by atoms with Gasteiger partial charge < -0.3 is 29.7 Å². The van der Waals surface area contributed by atoms with Crippen molar-refractivity contribution in [2.45, 2.75) is 19.1 Å². The number of anilines is 3. The molecule has 0 radical (unpaired) electrons. The summed E-state index contributed by atoms with van der Waals surface area (Å²) >= 11 is 6.52. The van der Waals surface area contributed by atoms with Crippen molar-refractivity contribution in [3.8, 4) is 17.6 Å². The zero-order valence-corrected chi connectivity index (χ0v) is 25.0. The number of carbonyl (C=O) groups excluding carboxylic acids is 1. The highest BCUT2D eigenvalue weighted by molar-refractivity contribution is 6.32. The monoisotopic (exact) mass is 615 g/mol. The van der Waals surface area contributed by atoms with Crippen LogP contribution >= 0.6 is 11.6 Å². The van der Waals surface area contributed by atoms with Crippen molar-refractivity contribution in [3.63, 3.8) is 0 Å². The minimum Gasteiger partial charge on any atom is -0.487 e. The second kappa shape index (κ2) is 14.2. The molecule has 1 aliphatic heterocycles. The molecule has 0 aliphatic carbocycles. The van der Waals surface area contributed by atoms with E-state index in [1.54, 1.807) is 54.6 Å². The Hall–Kier alpha value is -4.69. The fourth-order valence-corrected chi connectivity index (χ4v) is 4.81. The number of ether oxygens (including phenoxy) is 3. The Morgan fingerprint density at radius 1 is 1.23 bits per heavy atom. The number of fused-ring (bicyclic) bond motifs is 1. The Bertz CT molecular complexity index is 1730. The van der Waals surface area contributed by atoms with Gasteiger partial charge in [-0.15, -0.1) is 0 Å². The van der Waals surface area contributed by atoms with Crippen molar-refractivity contribution in [2.75, 3.05) is 44.5 Å². The molecule has 1 fully saturated rings. The van der Waals surface area contributed by atoms with E-state index < -0.39 is 0 Å². The largest absolute Gasteiger partial charge is 0.487 e. The van der Waals surface area contributed by atoms with Gasteiger partial charge in [-0.3, -0.25) is 9.78 Å². The fraction of sp³-hybridized carbons (Fsp3) is 0.242. The number of pyridine rings is 1. The minimum absolute atomic E-state index is 0.0168.